The molecular formula is C16H23N3O3. The summed E-state index contributed by atoms with van der Waals surface area (Å²) in [6, 6.07) is 7.07. The Morgan fingerprint density at radius 2 is 2.05 bits per heavy atom. The molecule has 0 saturated carbocycles. The molecule has 2 aliphatic rings. The van der Waals surface area contributed by atoms with Crippen LogP contribution in [0.5, 0.6) is 5.75 Å². The minimum Gasteiger partial charge on any atom is -0.508 e. The van der Waals surface area contributed by atoms with Crippen LogP contribution < -0.4 is 5.32 Å². The fourth-order valence-electron chi connectivity index (χ4n) is 3.16. The van der Waals surface area contributed by atoms with E-state index in [1.165, 1.54) is 0 Å². The minimum absolute atomic E-state index is 0.105. The van der Waals surface area contributed by atoms with Crippen LogP contribution in [0, 0.1) is 0 Å². The van der Waals surface area contributed by atoms with Crippen LogP contribution in [0.1, 0.15) is 12.0 Å². The predicted molar refractivity (Wildman–Crippen MR) is 82.4 cm³/mol. The number of β-amino-alcohol motifs (C(OH)–C–C–N with tert-alkyl or cyclic N) is 1. The molecule has 0 radical (unpaired) electrons. The zero-order valence-electron chi connectivity index (χ0n) is 12.6. The maximum absolute atomic E-state index is 12.4. The average molecular weight is 305 g/mol. The number of nitrogens with one attached hydrogen (secondary N) is 1. The van der Waals surface area contributed by atoms with Gasteiger partial charge in [-0.05, 0) is 24.1 Å². The van der Waals surface area contributed by atoms with Gasteiger partial charge >= 0.3 is 0 Å². The molecule has 1 amide bonds. The molecule has 0 aromatic heterocycles. The maximum atomic E-state index is 12.4. The van der Waals surface area contributed by atoms with Crippen molar-refractivity contribution >= 4 is 5.91 Å². The topological polar surface area (TPSA) is 76.0 Å². The number of aliphatic hydroxyl groups excluding tert-OH is 1. The van der Waals surface area contributed by atoms with Crippen molar-refractivity contribution in [2.24, 2.45) is 0 Å². The molecule has 0 spiro atoms. The van der Waals surface area contributed by atoms with Crippen molar-refractivity contribution in [2.75, 3.05) is 32.7 Å². The quantitative estimate of drug-likeness (QED) is 0.718. The molecule has 6 nitrogen and oxygen atoms in total. The molecule has 2 heterocycles. The molecule has 3 rings (SSSR count). The summed E-state index contributed by atoms with van der Waals surface area (Å²) in [7, 11) is 0. The molecule has 120 valence electrons. The average Bonchev–Trinajstić information content (AvgIpc) is 2.94. The third-order valence-electron chi connectivity index (χ3n) is 4.41. The minimum atomic E-state index is -0.402. The van der Waals surface area contributed by atoms with Crippen molar-refractivity contribution in [2.45, 2.75) is 25.1 Å². The number of carbonyl (C=O) groups excluding carboxylic acids is 1. The van der Waals surface area contributed by atoms with E-state index in [9.17, 15) is 15.0 Å². The lowest BCUT2D eigenvalue weighted by Gasteiger charge is -2.36. The summed E-state index contributed by atoms with van der Waals surface area (Å²) in [5.41, 5.74) is 1.08. The lowest BCUT2D eigenvalue weighted by atomic mass is 10.1. The fourth-order valence-corrected chi connectivity index (χ4v) is 3.16. The van der Waals surface area contributed by atoms with Crippen LogP contribution in [-0.4, -0.2) is 70.8 Å². The van der Waals surface area contributed by atoms with Gasteiger partial charge in [0.2, 0.25) is 5.91 Å². The van der Waals surface area contributed by atoms with E-state index >= 15 is 0 Å². The molecule has 1 aromatic carbocycles. The molecule has 2 atom stereocenters. The van der Waals surface area contributed by atoms with Gasteiger partial charge in [-0.1, -0.05) is 12.1 Å². The van der Waals surface area contributed by atoms with Crippen molar-refractivity contribution in [3.63, 3.8) is 0 Å². The van der Waals surface area contributed by atoms with Gasteiger partial charge in [-0.25, -0.2) is 0 Å². The zero-order chi connectivity index (χ0) is 15.5. The van der Waals surface area contributed by atoms with Gasteiger partial charge in [0.1, 0.15) is 5.75 Å². The third-order valence-corrected chi connectivity index (χ3v) is 4.41. The first-order chi connectivity index (χ1) is 10.6. The summed E-state index contributed by atoms with van der Waals surface area (Å²) in [6.07, 6.45) is 0.114. The number of hydrogen-bond donors (Lipinski definition) is 3. The highest BCUT2D eigenvalue weighted by atomic mass is 16.3. The van der Waals surface area contributed by atoms with Crippen LogP contribution >= 0.6 is 0 Å². The normalized spacial score (nSPS) is 26.3. The Balaban J connectivity index is 1.49. The summed E-state index contributed by atoms with van der Waals surface area (Å²) in [5.74, 6) is 0.394. The highest BCUT2D eigenvalue weighted by Gasteiger charge is 2.32. The summed E-state index contributed by atoms with van der Waals surface area (Å²) in [4.78, 5) is 16.5. The molecule has 1 aromatic rings. The van der Waals surface area contributed by atoms with Crippen molar-refractivity contribution < 1.29 is 15.0 Å². The van der Waals surface area contributed by atoms with Crippen molar-refractivity contribution in [1.82, 2.24) is 15.1 Å². The Bertz CT molecular complexity index is 529. The summed E-state index contributed by atoms with van der Waals surface area (Å²) in [5, 5.41) is 22.1. The number of aromatic hydroxyl groups is 1. The second kappa shape index (κ2) is 6.64. The first kappa shape index (κ1) is 15.3. The number of carbonyl (C=O) groups is 1. The van der Waals surface area contributed by atoms with Crippen molar-refractivity contribution in [1.29, 1.82) is 0 Å². The molecule has 2 fully saturated rings. The van der Waals surface area contributed by atoms with Gasteiger partial charge < -0.3 is 20.4 Å². The van der Waals surface area contributed by atoms with Gasteiger partial charge in [0.05, 0.1) is 12.1 Å². The van der Waals surface area contributed by atoms with Crippen molar-refractivity contribution in [3.8, 4) is 5.75 Å². The predicted octanol–water partition coefficient (Wildman–Crippen LogP) is -0.241. The molecular weight excluding hydrogens is 282 g/mol. The van der Waals surface area contributed by atoms with Gasteiger partial charge in [-0.3, -0.25) is 9.69 Å². The van der Waals surface area contributed by atoms with E-state index in [2.05, 4.69) is 10.2 Å². The molecule has 0 bridgehead atoms. The smallest absolute Gasteiger partial charge is 0.239 e. The van der Waals surface area contributed by atoms with Gasteiger partial charge in [-0.2, -0.15) is 0 Å². The number of piperazine rings is 1. The molecule has 0 aliphatic carbocycles. The number of rotatable bonds is 3. The lowest BCUT2D eigenvalue weighted by molar-refractivity contribution is -0.135. The molecule has 22 heavy (non-hydrogen) atoms. The molecule has 6 heteroatoms. The summed E-state index contributed by atoms with van der Waals surface area (Å²) in [6.45, 7) is 4.38. The highest BCUT2D eigenvalue weighted by Crippen LogP contribution is 2.15. The highest BCUT2D eigenvalue weighted by molar-refractivity contribution is 5.82. The number of hydrogen-bond acceptors (Lipinski definition) is 5. The van der Waals surface area contributed by atoms with E-state index in [0.29, 0.717) is 26.1 Å². The largest absolute Gasteiger partial charge is 0.508 e. The van der Waals surface area contributed by atoms with Crippen LogP contribution in [0.4, 0.5) is 0 Å². The van der Waals surface area contributed by atoms with Crippen LogP contribution in [0.2, 0.25) is 0 Å². The second-order valence-corrected chi connectivity index (χ2v) is 6.12. The number of phenolic OH excluding ortho intramolecular Hbond substituents is 1. The Labute approximate surface area is 130 Å². The Hall–Kier alpha value is -1.63. The van der Waals surface area contributed by atoms with Gasteiger partial charge in [-0.15, -0.1) is 0 Å². The van der Waals surface area contributed by atoms with Gasteiger partial charge in [0.15, 0.2) is 0 Å². The number of amides is 1. The zero-order valence-corrected chi connectivity index (χ0v) is 12.6. The Kier molecular flexibility index (Phi) is 4.61. The second-order valence-electron chi connectivity index (χ2n) is 6.12. The summed E-state index contributed by atoms with van der Waals surface area (Å²) < 4.78 is 0. The number of aliphatic hydroxyl groups is 1. The molecule has 2 aliphatic heterocycles. The van der Waals surface area contributed by atoms with E-state index in [4.69, 9.17) is 0 Å². The first-order valence-electron chi connectivity index (χ1n) is 7.82. The number of benzene rings is 1. The lowest BCUT2D eigenvalue weighted by Crippen LogP contribution is -2.52. The van der Waals surface area contributed by atoms with E-state index in [0.717, 1.165) is 25.2 Å². The summed E-state index contributed by atoms with van der Waals surface area (Å²) >= 11 is 0. The molecule has 2 unspecified atom stereocenters. The van der Waals surface area contributed by atoms with E-state index < -0.39 is 6.10 Å². The van der Waals surface area contributed by atoms with Crippen LogP contribution in [0.15, 0.2) is 24.3 Å². The Morgan fingerprint density at radius 3 is 2.68 bits per heavy atom. The Morgan fingerprint density at radius 1 is 1.27 bits per heavy atom. The number of phenols is 1. The van der Waals surface area contributed by atoms with Gasteiger partial charge in [0.25, 0.3) is 0 Å². The monoisotopic (exact) mass is 305 g/mol. The van der Waals surface area contributed by atoms with Crippen LogP contribution in [-0.2, 0) is 11.3 Å². The standard InChI is InChI=1S/C16H23N3O3/c20-13-3-1-2-12(8-13)11-18-4-6-19(7-5-18)16(22)15-9-14(21)10-17-15/h1-3,8,14-15,17,20-21H,4-7,9-11H2. The van der Waals surface area contributed by atoms with Crippen molar-refractivity contribution in [3.05, 3.63) is 29.8 Å². The molecule has 3 N–H and O–H groups in total. The molecule has 2 saturated heterocycles. The van der Waals surface area contributed by atoms with Crippen LogP contribution in [0.25, 0.3) is 0 Å². The van der Waals surface area contributed by atoms with Gasteiger partial charge in [0, 0.05) is 39.3 Å². The van der Waals surface area contributed by atoms with E-state index in [-0.39, 0.29) is 17.7 Å². The third kappa shape index (κ3) is 3.58. The number of nitrogens with zero attached hydrogens (tertiary/aromatic N) is 2. The SMILES string of the molecule is O=C(C1CC(O)CN1)N1CCN(Cc2cccc(O)c2)CC1. The van der Waals surface area contributed by atoms with E-state index in [1.807, 2.05) is 17.0 Å². The first-order valence-corrected chi connectivity index (χ1v) is 7.82. The maximum Gasteiger partial charge on any atom is 0.239 e. The van der Waals surface area contributed by atoms with Crippen LogP contribution in [0.3, 0.4) is 0 Å². The fraction of sp³-hybridized carbons (Fsp3) is 0.562. The van der Waals surface area contributed by atoms with E-state index in [1.54, 1.807) is 12.1 Å².